The van der Waals surface area contributed by atoms with Gasteiger partial charge in [0, 0.05) is 6.42 Å². The summed E-state index contributed by atoms with van der Waals surface area (Å²) in [6, 6.07) is 2.14. The van der Waals surface area contributed by atoms with Crippen LogP contribution in [0.3, 0.4) is 0 Å². The number of hydrogen-bond acceptors (Lipinski definition) is 2. The molecule has 1 nitrogen and oxygen atoms in total. The molecule has 0 aromatic carbocycles. The summed E-state index contributed by atoms with van der Waals surface area (Å²) in [5, 5.41) is 8.22. The van der Waals surface area contributed by atoms with Crippen LogP contribution in [0.2, 0.25) is 0 Å². The van der Waals surface area contributed by atoms with Gasteiger partial charge in [0.25, 0.3) is 0 Å². The van der Waals surface area contributed by atoms with Crippen LogP contribution in [0, 0.1) is 17.2 Å². The molecule has 0 saturated heterocycles. The van der Waals surface area contributed by atoms with Gasteiger partial charge in [-0.25, -0.2) is 0 Å². The first-order valence-corrected chi connectivity index (χ1v) is 4.87. The Labute approximate surface area is 67.8 Å². The van der Waals surface area contributed by atoms with Crippen molar-refractivity contribution in [3.8, 4) is 6.07 Å². The van der Waals surface area contributed by atoms with E-state index in [4.69, 9.17) is 5.26 Å². The quantitative estimate of drug-likeness (QED) is 0.573. The van der Waals surface area contributed by atoms with Gasteiger partial charge in [-0.15, -0.1) is 0 Å². The van der Waals surface area contributed by atoms with E-state index in [0.29, 0.717) is 6.42 Å². The van der Waals surface area contributed by atoms with Gasteiger partial charge in [0.05, 0.1) is 6.07 Å². The molecule has 0 rings (SSSR count). The Morgan fingerprint density at radius 1 is 1.50 bits per heavy atom. The van der Waals surface area contributed by atoms with Gasteiger partial charge in [-0.2, -0.15) is 17.0 Å². The van der Waals surface area contributed by atoms with Gasteiger partial charge in [-0.3, -0.25) is 0 Å². The van der Waals surface area contributed by atoms with E-state index in [0.717, 1.165) is 18.1 Å². The smallest absolute Gasteiger partial charge is 0.0622 e. The standard InChI is InChI=1S/C8H15NS/c1-8(2)7-10-6-4-3-5-9/h8H,3-4,6-7H2,1-2H3. The molecule has 0 unspecified atom stereocenters. The lowest BCUT2D eigenvalue weighted by molar-refractivity contribution is 0.749. The number of rotatable bonds is 5. The molecule has 2 heteroatoms. The lowest BCUT2D eigenvalue weighted by atomic mass is 10.3. The monoisotopic (exact) mass is 157 g/mol. The largest absolute Gasteiger partial charge is 0.198 e. The minimum atomic E-state index is 0.713. The summed E-state index contributed by atoms with van der Waals surface area (Å²) >= 11 is 1.95. The van der Waals surface area contributed by atoms with Gasteiger partial charge >= 0.3 is 0 Å². The molecule has 0 N–H and O–H groups in total. The molecule has 0 aromatic rings. The lowest BCUT2D eigenvalue weighted by Crippen LogP contribution is -1.91. The van der Waals surface area contributed by atoms with E-state index in [1.54, 1.807) is 0 Å². The SMILES string of the molecule is CC(C)CSCCCC#N. The first-order valence-electron chi connectivity index (χ1n) is 3.72. The van der Waals surface area contributed by atoms with Crippen molar-refractivity contribution in [1.29, 1.82) is 5.26 Å². The van der Waals surface area contributed by atoms with Crippen LogP contribution in [0.1, 0.15) is 26.7 Å². The van der Waals surface area contributed by atoms with Gasteiger partial charge in [0.2, 0.25) is 0 Å². The van der Waals surface area contributed by atoms with E-state index in [1.807, 2.05) is 11.8 Å². The van der Waals surface area contributed by atoms with Crippen LogP contribution >= 0.6 is 11.8 Å². The highest BCUT2D eigenvalue weighted by Crippen LogP contribution is 2.09. The Bertz CT molecular complexity index is 104. The van der Waals surface area contributed by atoms with Crippen molar-refractivity contribution in [3.63, 3.8) is 0 Å². The third kappa shape index (κ3) is 7.84. The van der Waals surface area contributed by atoms with Crippen molar-refractivity contribution in [2.24, 2.45) is 5.92 Å². The predicted octanol–water partition coefficient (Wildman–Crippen LogP) is 2.68. The Balaban J connectivity index is 2.86. The fraction of sp³-hybridized carbons (Fsp3) is 0.875. The van der Waals surface area contributed by atoms with E-state index >= 15 is 0 Å². The molecule has 0 bridgehead atoms. The van der Waals surface area contributed by atoms with Crippen molar-refractivity contribution in [1.82, 2.24) is 0 Å². The van der Waals surface area contributed by atoms with Crippen LogP contribution in [0.25, 0.3) is 0 Å². The van der Waals surface area contributed by atoms with E-state index in [9.17, 15) is 0 Å². The second-order valence-electron chi connectivity index (χ2n) is 2.73. The fourth-order valence-electron chi connectivity index (χ4n) is 0.572. The lowest BCUT2D eigenvalue weighted by Gasteiger charge is -2.01. The maximum Gasteiger partial charge on any atom is 0.0622 e. The molecule has 0 atom stereocenters. The molecule has 0 aliphatic carbocycles. The number of thioether (sulfide) groups is 1. The maximum absolute atomic E-state index is 8.22. The van der Waals surface area contributed by atoms with Crippen molar-refractivity contribution in [2.75, 3.05) is 11.5 Å². The van der Waals surface area contributed by atoms with Gasteiger partial charge in [-0.05, 0) is 23.8 Å². The minimum absolute atomic E-state index is 0.713. The summed E-state index contributed by atoms with van der Waals surface area (Å²) < 4.78 is 0. The summed E-state index contributed by atoms with van der Waals surface area (Å²) in [4.78, 5) is 0. The Morgan fingerprint density at radius 2 is 2.20 bits per heavy atom. The molecule has 0 aromatic heterocycles. The summed E-state index contributed by atoms with van der Waals surface area (Å²) in [6.45, 7) is 4.44. The van der Waals surface area contributed by atoms with Crippen LogP contribution in [0.15, 0.2) is 0 Å². The van der Waals surface area contributed by atoms with Crippen molar-refractivity contribution in [2.45, 2.75) is 26.7 Å². The highest BCUT2D eigenvalue weighted by molar-refractivity contribution is 7.99. The second-order valence-corrected chi connectivity index (χ2v) is 3.88. The van der Waals surface area contributed by atoms with Crippen LogP contribution < -0.4 is 0 Å². The summed E-state index contributed by atoms with van der Waals surface area (Å²) in [7, 11) is 0. The Kier molecular flexibility index (Phi) is 6.84. The van der Waals surface area contributed by atoms with E-state index in [-0.39, 0.29) is 0 Å². The molecule has 0 spiro atoms. The van der Waals surface area contributed by atoms with E-state index in [2.05, 4.69) is 19.9 Å². The van der Waals surface area contributed by atoms with Gasteiger partial charge < -0.3 is 0 Å². The Morgan fingerprint density at radius 3 is 2.70 bits per heavy atom. The Hall–Kier alpha value is -0.160. The van der Waals surface area contributed by atoms with Gasteiger partial charge in [0.15, 0.2) is 0 Å². The first-order chi connectivity index (χ1) is 4.77. The summed E-state index contributed by atoms with van der Waals surface area (Å²) in [5.74, 6) is 3.16. The summed E-state index contributed by atoms with van der Waals surface area (Å²) in [6.07, 6.45) is 1.76. The fourth-order valence-corrected chi connectivity index (χ4v) is 1.56. The predicted molar refractivity (Wildman–Crippen MR) is 47.0 cm³/mol. The molecule has 0 heterocycles. The number of nitriles is 1. The van der Waals surface area contributed by atoms with Crippen LogP contribution in [-0.2, 0) is 0 Å². The molecule has 0 aliphatic heterocycles. The zero-order chi connectivity index (χ0) is 7.82. The molecule has 0 aliphatic rings. The molecule has 0 radical (unpaired) electrons. The van der Waals surface area contributed by atoms with Crippen LogP contribution in [-0.4, -0.2) is 11.5 Å². The first kappa shape index (κ1) is 9.84. The highest BCUT2D eigenvalue weighted by atomic mass is 32.2. The molecule has 58 valence electrons. The van der Waals surface area contributed by atoms with Crippen LogP contribution in [0.5, 0.6) is 0 Å². The highest BCUT2D eigenvalue weighted by Gasteiger charge is 1.92. The zero-order valence-corrected chi connectivity index (χ0v) is 7.58. The second kappa shape index (κ2) is 6.95. The number of hydrogen-bond donors (Lipinski definition) is 0. The van der Waals surface area contributed by atoms with E-state index in [1.165, 1.54) is 5.75 Å². The zero-order valence-electron chi connectivity index (χ0n) is 6.76. The molecule has 0 saturated carbocycles. The normalized spacial score (nSPS) is 9.80. The maximum atomic E-state index is 8.22. The topological polar surface area (TPSA) is 23.8 Å². The average molecular weight is 157 g/mol. The molecular formula is C8H15NS. The third-order valence-corrected chi connectivity index (χ3v) is 2.51. The number of unbranched alkanes of at least 4 members (excludes halogenated alkanes) is 1. The van der Waals surface area contributed by atoms with Crippen molar-refractivity contribution in [3.05, 3.63) is 0 Å². The van der Waals surface area contributed by atoms with Crippen molar-refractivity contribution < 1.29 is 0 Å². The minimum Gasteiger partial charge on any atom is -0.198 e. The number of nitrogens with zero attached hydrogens (tertiary/aromatic N) is 1. The molecule has 0 amide bonds. The van der Waals surface area contributed by atoms with Gasteiger partial charge in [-0.1, -0.05) is 13.8 Å². The van der Waals surface area contributed by atoms with Gasteiger partial charge in [0.1, 0.15) is 0 Å². The average Bonchev–Trinajstić information content (AvgIpc) is 1.87. The molecule has 10 heavy (non-hydrogen) atoms. The van der Waals surface area contributed by atoms with Crippen LogP contribution in [0.4, 0.5) is 0 Å². The summed E-state index contributed by atoms with van der Waals surface area (Å²) in [5.41, 5.74) is 0. The molecular weight excluding hydrogens is 142 g/mol. The third-order valence-electron chi connectivity index (χ3n) is 1.03. The molecule has 0 fully saturated rings. The van der Waals surface area contributed by atoms with Crippen molar-refractivity contribution >= 4 is 11.8 Å². The van der Waals surface area contributed by atoms with E-state index < -0.39 is 0 Å².